The highest BCUT2D eigenvalue weighted by Gasteiger charge is 2.50. The molecule has 0 saturated carbocycles. The molecule has 1 aliphatic heterocycles. The van der Waals surface area contributed by atoms with E-state index in [1.54, 1.807) is 6.92 Å². The van der Waals surface area contributed by atoms with Crippen LogP contribution in [0.15, 0.2) is 5.11 Å². The first kappa shape index (κ1) is 9.86. The van der Waals surface area contributed by atoms with Crippen molar-refractivity contribution in [2.75, 3.05) is 0 Å². The number of carbonyl (C=O) groups excluding carboxylic acids is 1. The number of hydrogen-bond acceptors (Lipinski definition) is 3. The second-order valence-corrected chi connectivity index (χ2v) is 3.48. The first-order valence-corrected chi connectivity index (χ1v) is 4.33. The normalized spacial score (nSPS) is 38.2. The molecule has 1 rings (SSSR count). The van der Waals surface area contributed by atoms with E-state index >= 15 is 0 Å². The zero-order valence-corrected chi connectivity index (χ0v) is 8.02. The Balaban J connectivity index is 2.98. The summed E-state index contributed by atoms with van der Waals surface area (Å²) >= 11 is 0. The molecule has 0 N–H and O–H groups in total. The van der Waals surface area contributed by atoms with E-state index in [0.29, 0.717) is 0 Å². The minimum atomic E-state index is -1.02. The molecule has 3 atom stereocenters. The fourth-order valence-electron chi connectivity index (χ4n) is 1.57. The molecule has 0 aromatic rings. The van der Waals surface area contributed by atoms with Crippen LogP contribution in [-0.4, -0.2) is 17.6 Å². The minimum absolute atomic E-state index is 0.0547. The van der Waals surface area contributed by atoms with Gasteiger partial charge in [0.2, 0.25) is 0 Å². The molecule has 0 radical (unpaired) electrons. The van der Waals surface area contributed by atoms with E-state index in [-0.39, 0.29) is 12.0 Å². The molecular formula is C8H13N3O2. The quantitative estimate of drug-likeness (QED) is 0.284. The second kappa shape index (κ2) is 3.26. The van der Waals surface area contributed by atoms with Crippen molar-refractivity contribution in [1.82, 2.24) is 0 Å². The largest absolute Gasteiger partial charge is 0.462 e. The third-order valence-corrected chi connectivity index (χ3v) is 2.77. The van der Waals surface area contributed by atoms with Gasteiger partial charge in [-0.2, -0.15) is 0 Å². The molecule has 5 nitrogen and oxygen atoms in total. The summed E-state index contributed by atoms with van der Waals surface area (Å²) in [7, 11) is 0. The van der Waals surface area contributed by atoms with Crippen molar-refractivity contribution in [3.05, 3.63) is 10.4 Å². The van der Waals surface area contributed by atoms with E-state index in [1.807, 2.05) is 13.8 Å². The van der Waals surface area contributed by atoms with Gasteiger partial charge in [0.1, 0.15) is 11.6 Å². The maximum Gasteiger partial charge on any atom is 0.318 e. The summed E-state index contributed by atoms with van der Waals surface area (Å²) in [5, 5.41) is 3.52. The molecule has 0 spiro atoms. The summed E-state index contributed by atoms with van der Waals surface area (Å²) in [6.45, 7) is 5.43. The summed E-state index contributed by atoms with van der Waals surface area (Å²) in [5.74, 6) is -0.467. The molecule has 0 unspecified atom stereocenters. The Morgan fingerprint density at radius 1 is 1.77 bits per heavy atom. The molecule has 0 aromatic carbocycles. The monoisotopic (exact) mass is 183 g/mol. The maximum atomic E-state index is 11.4. The highest BCUT2D eigenvalue weighted by molar-refractivity contribution is 5.83. The van der Waals surface area contributed by atoms with Crippen LogP contribution in [-0.2, 0) is 9.53 Å². The summed E-state index contributed by atoms with van der Waals surface area (Å²) in [4.78, 5) is 14.1. The van der Waals surface area contributed by atoms with Gasteiger partial charge in [0.05, 0.1) is 0 Å². The molecule has 1 heterocycles. The van der Waals surface area contributed by atoms with Crippen LogP contribution in [0.4, 0.5) is 0 Å². The summed E-state index contributed by atoms with van der Waals surface area (Å²) in [6, 6.07) is 0. The van der Waals surface area contributed by atoms with Crippen molar-refractivity contribution < 1.29 is 9.53 Å². The zero-order chi connectivity index (χ0) is 10.1. The molecule has 72 valence electrons. The van der Waals surface area contributed by atoms with Gasteiger partial charge in [-0.05, 0) is 18.9 Å². The Labute approximate surface area is 76.7 Å². The van der Waals surface area contributed by atoms with Crippen LogP contribution >= 0.6 is 0 Å². The predicted molar refractivity (Wildman–Crippen MR) is 46.9 cm³/mol. The Kier molecular flexibility index (Phi) is 2.48. The van der Waals surface area contributed by atoms with Crippen LogP contribution < -0.4 is 0 Å². The van der Waals surface area contributed by atoms with Gasteiger partial charge < -0.3 is 4.74 Å². The standard InChI is InChI=1S/C8H13N3O2/c1-4-6-5(2)8(3,10-11-9)7(12)13-6/h5-6H,4H2,1-3H3/t5-,6-,8-/m1/s1. The lowest BCUT2D eigenvalue weighted by Gasteiger charge is -2.19. The van der Waals surface area contributed by atoms with Crippen molar-refractivity contribution in [3.8, 4) is 0 Å². The number of rotatable bonds is 2. The number of carbonyl (C=O) groups is 1. The van der Waals surface area contributed by atoms with Crippen LogP contribution in [0.3, 0.4) is 0 Å². The van der Waals surface area contributed by atoms with Crippen LogP contribution in [0.2, 0.25) is 0 Å². The van der Waals surface area contributed by atoms with Crippen molar-refractivity contribution in [2.45, 2.75) is 38.8 Å². The average molecular weight is 183 g/mol. The predicted octanol–water partition coefficient (Wildman–Crippen LogP) is 2.03. The third-order valence-electron chi connectivity index (χ3n) is 2.77. The van der Waals surface area contributed by atoms with Crippen LogP contribution in [0.5, 0.6) is 0 Å². The SMILES string of the molecule is CC[C@H]1OC(=O)[C@](C)(N=[N+]=[N-])[C@@H]1C. The van der Waals surface area contributed by atoms with Gasteiger partial charge >= 0.3 is 5.97 Å². The summed E-state index contributed by atoms with van der Waals surface area (Å²) in [6.07, 6.45) is 0.631. The fraction of sp³-hybridized carbons (Fsp3) is 0.875. The first-order valence-electron chi connectivity index (χ1n) is 4.33. The van der Waals surface area contributed by atoms with Crippen LogP contribution in [0.25, 0.3) is 10.4 Å². The number of esters is 1. The molecule has 0 bridgehead atoms. The number of cyclic esters (lactones) is 1. The molecule has 0 aromatic heterocycles. The van der Waals surface area contributed by atoms with E-state index in [9.17, 15) is 4.79 Å². The van der Waals surface area contributed by atoms with E-state index in [2.05, 4.69) is 10.0 Å². The van der Waals surface area contributed by atoms with Crippen LogP contribution in [0.1, 0.15) is 27.2 Å². The molecule has 13 heavy (non-hydrogen) atoms. The molecule has 1 saturated heterocycles. The number of azide groups is 1. The molecular weight excluding hydrogens is 170 g/mol. The van der Waals surface area contributed by atoms with Crippen molar-refractivity contribution in [2.24, 2.45) is 11.0 Å². The van der Waals surface area contributed by atoms with Gasteiger partial charge in [0.25, 0.3) is 0 Å². The Morgan fingerprint density at radius 3 is 2.77 bits per heavy atom. The van der Waals surface area contributed by atoms with E-state index in [4.69, 9.17) is 10.3 Å². The summed E-state index contributed by atoms with van der Waals surface area (Å²) in [5.41, 5.74) is 7.32. The van der Waals surface area contributed by atoms with Crippen molar-refractivity contribution in [3.63, 3.8) is 0 Å². The van der Waals surface area contributed by atoms with Crippen LogP contribution in [0, 0.1) is 5.92 Å². The van der Waals surface area contributed by atoms with Gasteiger partial charge in [-0.1, -0.05) is 19.0 Å². The van der Waals surface area contributed by atoms with Gasteiger partial charge in [-0.15, -0.1) is 0 Å². The van der Waals surface area contributed by atoms with E-state index in [1.165, 1.54) is 0 Å². The fourth-order valence-corrected chi connectivity index (χ4v) is 1.57. The van der Waals surface area contributed by atoms with E-state index in [0.717, 1.165) is 6.42 Å². The highest BCUT2D eigenvalue weighted by Crippen LogP contribution is 2.36. The molecule has 5 heteroatoms. The Bertz CT molecular complexity index is 273. The van der Waals surface area contributed by atoms with Gasteiger partial charge in [0, 0.05) is 10.8 Å². The van der Waals surface area contributed by atoms with Gasteiger partial charge in [0.15, 0.2) is 0 Å². The van der Waals surface area contributed by atoms with Gasteiger partial charge in [-0.25, -0.2) is 0 Å². The third kappa shape index (κ3) is 1.35. The Hall–Kier alpha value is -1.22. The number of hydrogen-bond donors (Lipinski definition) is 0. The van der Waals surface area contributed by atoms with Crippen molar-refractivity contribution >= 4 is 5.97 Å². The molecule has 0 aliphatic carbocycles. The lowest BCUT2D eigenvalue weighted by Crippen LogP contribution is -2.34. The maximum absolute atomic E-state index is 11.4. The first-order chi connectivity index (χ1) is 6.06. The molecule has 1 aliphatic rings. The minimum Gasteiger partial charge on any atom is -0.462 e. The number of ether oxygens (including phenoxy) is 1. The van der Waals surface area contributed by atoms with Gasteiger partial charge in [-0.3, -0.25) is 4.79 Å². The Morgan fingerprint density at radius 2 is 2.38 bits per heavy atom. The van der Waals surface area contributed by atoms with E-state index < -0.39 is 11.5 Å². The summed E-state index contributed by atoms with van der Waals surface area (Å²) < 4.78 is 5.09. The lowest BCUT2D eigenvalue weighted by molar-refractivity contribution is -0.144. The smallest absolute Gasteiger partial charge is 0.318 e. The zero-order valence-electron chi connectivity index (χ0n) is 8.02. The lowest BCUT2D eigenvalue weighted by atomic mass is 9.86. The molecule has 0 amide bonds. The molecule has 1 fully saturated rings. The second-order valence-electron chi connectivity index (χ2n) is 3.48. The number of nitrogens with zero attached hydrogens (tertiary/aromatic N) is 3. The van der Waals surface area contributed by atoms with Crippen molar-refractivity contribution in [1.29, 1.82) is 0 Å². The topological polar surface area (TPSA) is 75.1 Å². The average Bonchev–Trinajstić information content (AvgIpc) is 2.31. The highest BCUT2D eigenvalue weighted by atomic mass is 16.6.